The molecule has 1 amide bonds. The lowest BCUT2D eigenvalue weighted by Crippen LogP contribution is -2.24. The second-order valence-electron chi connectivity index (χ2n) is 5.75. The number of aliphatic hydroxyl groups is 1. The number of aryl methyl sites for hydroxylation is 1. The Labute approximate surface area is 149 Å². The molecule has 0 fully saturated rings. The van der Waals surface area contributed by atoms with Crippen LogP contribution in [0.3, 0.4) is 0 Å². The van der Waals surface area contributed by atoms with Crippen LogP contribution in [-0.4, -0.2) is 27.1 Å². The quantitative estimate of drug-likeness (QED) is 0.737. The smallest absolute Gasteiger partial charge is 0.216 e. The highest BCUT2D eigenvalue weighted by Gasteiger charge is 2.13. The molecule has 0 aliphatic rings. The summed E-state index contributed by atoms with van der Waals surface area (Å²) in [5.41, 5.74) is 3.30. The highest BCUT2D eigenvalue weighted by Crippen LogP contribution is 2.31. The Kier molecular flexibility index (Phi) is 4.83. The summed E-state index contributed by atoms with van der Waals surface area (Å²) >= 11 is 1.46. The maximum atomic E-state index is 11.0. The van der Waals surface area contributed by atoms with Gasteiger partial charge in [0.15, 0.2) is 0 Å². The molecule has 25 heavy (non-hydrogen) atoms. The van der Waals surface area contributed by atoms with Crippen LogP contribution in [0.15, 0.2) is 24.4 Å². The van der Waals surface area contributed by atoms with E-state index in [2.05, 4.69) is 16.4 Å². The summed E-state index contributed by atoms with van der Waals surface area (Å²) in [5, 5.41) is 23.2. The average Bonchev–Trinajstić information content (AvgIpc) is 3.14. The number of hydrogen-bond donors (Lipinski definition) is 2. The van der Waals surface area contributed by atoms with E-state index in [9.17, 15) is 15.2 Å². The standard InChI is InChI=1S/C18H18N4O2S/c1-11-17(10-23)25-18(21-11)13-3-4-16-15(7-13)14(8-19)9-22(16)6-5-20-12(2)24/h3-4,7,9,23H,5-6,10H2,1-2H3,(H,20,24). The zero-order valence-electron chi connectivity index (χ0n) is 14.0. The minimum absolute atomic E-state index is 0.0191. The van der Waals surface area contributed by atoms with Gasteiger partial charge in [0, 0.05) is 42.7 Å². The van der Waals surface area contributed by atoms with Gasteiger partial charge in [-0.05, 0) is 25.1 Å². The van der Waals surface area contributed by atoms with Crippen LogP contribution in [0.25, 0.3) is 21.5 Å². The van der Waals surface area contributed by atoms with E-state index in [0.717, 1.165) is 32.0 Å². The third-order valence-corrected chi connectivity index (χ3v) is 5.20. The van der Waals surface area contributed by atoms with Crippen molar-refractivity contribution in [2.45, 2.75) is 27.0 Å². The van der Waals surface area contributed by atoms with Crippen LogP contribution < -0.4 is 5.32 Å². The predicted molar refractivity (Wildman–Crippen MR) is 97.1 cm³/mol. The Bertz CT molecular complexity index is 981. The molecule has 0 aliphatic carbocycles. The van der Waals surface area contributed by atoms with Crippen LogP contribution in [0.2, 0.25) is 0 Å². The molecule has 0 bridgehead atoms. The number of fused-ring (bicyclic) bond motifs is 1. The zero-order valence-corrected chi connectivity index (χ0v) is 14.9. The number of carbonyl (C=O) groups excluding carboxylic acids is 1. The van der Waals surface area contributed by atoms with Crippen molar-refractivity contribution < 1.29 is 9.90 Å². The first-order valence-corrected chi connectivity index (χ1v) is 8.70. The highest BCUT2D eigenvalue weighted by atomic mass is 32.1. The Morgan fingerprint density at radius 1 is 1.48 bits per heavy atom. The number of thiazole rings is 1. The molecule has 0 saturated heterocycles. The Hall–Kier alpha value is -2.69. The molecule has 0 aliphatic heterocycles. The van der Waals surface area contributed by atoms with E-state index in [4.69, 9.17) is 0 Å². The normalized spacial score (nSPS) is 10.8. The monoisotopic (exact) mass is 354 g/mol. The third kappa shape index (κ3) is 3.40. The molecule has 0 spiro atoms. The van der Waals surface area contributed by atoms with Gasteiger partial charge in [-0.1, -0.05) is 0 Å². The van der Waals surface area contributed by atoms with Crippen LogP contribution in [0.4, 0.5) is 0 Å². The molecule has 0 saturated carbocycles. The van der Waals surface area contributed by atoms with Crippen molar-refractivity contribution in [3.8, 4) is 16.6 Å². The molecule has 0 radical (unpaired) electrons. The van der Waals surface area contributed by atoms with Gasteiger partial charge in [-0.15, -0.1) is 11.3 Å². The lowest BCUT2D eigenvalue weighted by atomic mass is 10.1. The summed E-state index contributed by atoms with van der Waals surface area (Å²) in [5.74, 6) is -0.0712. The van der Waals surface area contributed by atoms with Gasteiger partial charge in [-0.25, -0.2) is 4.98 Å². The molecular formula is C18H18N4O2S. The van der Waals surface area contributed by atoms with Gasteiger partial charge in [0.1, 0.15) is 11.1 Å². The van der Waals surface area contributed by atoms with E-state index in [0.29, 0.717) is 18.7 Å². The van der Waals surface area contributed by atoms with Crippen molar-refractivity contribution in [1.29, 1.82) is 5.26 Å². The van der Waals surface area contributed by atoms with E-state index in [1.54, 1.807) is 0 Å². The number of benzene rings is 1. The maximum Gasteiger partial charge on any atom is 0.216 e. The van der Waals surface area contributed by atoms with Crippen molar-refractivity contribution in [1.82, 2.24) is 14.9 Å². The van der Waals surface area contributed by atoms with Crippen molar-refractivity contribution in [2.24, 2.45) is 0 Å². The van der Waals surface area contributed by atoms with E-state index in [1.807, 2.05) is 35.9 Å². The van der Waals surface area contributed by atoms with Crippen molar-refractivity contribution in [3.05, 3.63) is 40.5 Å². The number of nitrogens with zero attached hydrogens (tertiary/aromatic N) is 3. The molecule has 0 unspecified atom stereocenters. The molecular weight excluding hydrogens is 336 g/mol. The SMILES string of the molecule is CC(=O)NCCn1cc(C#N)c2cc(-c3nc(C)c(CO)s3)ccc21. The van der Waals surface area contributed by atoms with Crippen LogP contribution in [0.5, 0.6) is 0 Å². The first-order valence-electron chi connectivity index (χ1n) is 7.88. The minimum atomic E-state index is -0.0712. The topological polar surface area (TPSA) is 90.9 Å². The number of amides is 1. The summed E-state index contributed by atoms with van der Waals surface area (Å²) in [6.07, 6.45) is 1.81. The molecule has 1 aromatic carbocycles. The highest BCUT2D eigenvalue weighted by molar-refractivity contribution is 7.15. The van der Waals surface area contributed by atoms with Crippen LogP contribution in [0.1, 0.15) is 23.1 Å². The fourth-order valence-electron chi connectivity index (χ4n) is 2.75. The molecule has 2 heterocycles. The largest absolute Gasteiger partial charge is 0.391 e. The summed E-state index contributed by atoms with van der Waals surface area (Å²) in [4.78, 5) is 16.4. The molecule has 128 valence electrons. The van der Waals surface area contributed by atoms with Crippen molar-refractivity contribution >= 4 is 28.1 Å². The first kappa shape index (κ1) is 17.1. The van der Waals surface area contributed by atoms with Gasteiger partial charge in [0.2, 0.25) is 5.91 Å². The Morgan fingerprint density at radius 2 is 2.28 bits per heavy atom. The predicted octanol–water partition coefficient (Wildman–Crippen LogP) is 2.57. The van der Waals surface area contributed by atoms with Crippen LogP contribution >= 0.6 is 11.3 Å². The average molecular weight is 354 g/mol. The fourth-order valence-corrected chi connectivity index (χ4v) is 3.67. The lowest BCUT2D eigenvalue weighted by molar-refractivity contribution is -0.118. The van der Waals surface area contributed by atoms with Crippen molar-refractivity contribution in [2.75, 3.05) is 6.54 Å². The summed E-state index contributed by atoms with van der Waals surface area (Å²) < 4.78 is 1.97. The first-order chi connectivity index (χ1) is 12.0. The molecule has 0 atom stereocenters. The van der Waals surface area contributed by atoms with Crippen LogP contribution in [0, 0.1) is 18.3 Å². The summed E-state index contributed by atoms with van der Waals surface area (Å²) in [7, 11) is 0. The van der Waals surface area contributed by atoms with Gasteiger partial charge < -0.3 is 15.0 Å². The number of aromatic nitrogens is 2. The third-order valence-electron chi connectivity index (χ3n) is 4.01. The molecule has 3 rings (SSSR count). The lowest BCUT2D eigenvalue weighted by Gasteiger charge is -2.06. The van der Waals surface area contributed by atoms with Gasteiger partial charge in [0.05, 0.1) is 22.7 Å². The number of rotatable bonds is 5. The minimum Gasteiger partial charge on any atom is -0.391 e. The second kappa shape index (κ2) is 7.05. The molecule has 2 N–H and O–H groups in total. The van der Waals surface area contributed by atoms with Crippen LogP contribution in [-0.2, 0) is 17.9 Å². The van der Waals surface area contributed by atoms with Crippen molar-refractivity contribution in [3.63, 3.8) is 0 Å². The Morgan fingerprint density at radius 3 is 2.92 bits per heavy atom. The van der Waals surface area contributed by atoms with E-state index in [1.165, 1.54) is 18.3 Å². The zero-order chi connectivity index (χ0) is 18.0. The van der Waals surface area contributed by atoms with E-state index < -0.39 is 0 Å². The fraction of sp³-hybridized carbons (Fsp3) is 0.278. The summed E-state index contributed by atoms with van der Waals surface area (Å²) in [6.45, 7) is 4.45. The number of aliphatic hydroxyl groups excluding tert-OH is 1. The number of nitrogens with one attached hydrogen (secondary N) is 1. The molecule has 3 aromatic rings. The number of carbonyl (C=O) groups is 1. The van der Waals surface area contributed by atoms with Gasteiger partial charge in [0.25, 0.3) is 0 Å². The number of nitriles is 1. The second-order valence-corrected chi connectivity index (χ2v) is 6.83. The maximum absolute atomic E-state index is 11.0. The Balaban J connectivity index is 1.99. The van der Waals surface area contributed by atoms with Gasteiger partial charge in [-0.2, -0.15) is 5.26 Å². The molecule has 6 nitrogen and oxygen atoms in total. The number of hydrogen-bond acceptors (Lipinski definition) is 5. The van der Waals surface area contributed by atoms with Gasteiger partial charge in [-0.3, -0.25) is 4.79 Å². The van der Waals surface area contributed by atoms with E-state index >= 15 is 0 Å². The van der Waals surface area contributed by atoms with Gasteiger partial charge >= 0.3 is 0 Å². The molecule has 2 aromatic heterocycles. The molecule has 7 heteroatoms. The van der Waals surface area contributed by atoms with E-state index in [-0.39, 0.29) is 12.5 Å². The summed E-state index contributed by atoms with van der Waals surface area (Å²) in [6, 6.07) is 8.13.